The molecule has 2 unspecified atom stereocenters. The van der Waals surface area contributed by atoms with Crippen molar-refractivity contribution in [1.29, 1.82) is 0 Å². The zero-order valence-corrected chi connectivity index (χ0v) is 23.6. The van der Waals surface area contributed by atoms with E-state index in [1.54, 1.807) is 0 Å². The zero-order valence-electron chi connectivity index (χ0n) is 19.7. The third kappa shape index (κ3) is 22.5. The minimum absolute atomic E-state index is 0. The smallest absolute Gasteiger partial charge is 0.748 e. The van der Waals surface area contributed by atoms with Crippen molar-refractivity contribution < 1.29 is 69.5 Å². The maximum Gasteiger partial charge on any atom is 1.00 e. The van der Waals surface area contributed by atoms with Gasteiger partial charge >= 0.3 is 51.4 Å². The average Bonchev–Trinajstić information content (AvgIpc) is 2.63. The van der Waals surface area contributed by atoms with Crippen molar-refractivity contribution in [1.82, 2.24) is 0 Å². The van der Waals surface area contributed by atoms with E-state index in [2.05, 4.69) is 13.8 Å². The van der Waals surface area contributed by atoms with E-state index >= 15 is 0 Å². The minimum atomic E-state index is -4.16. The second kappa shape index (κ2) is 22.7. The normalized spacial score (nSPS) is 13.8. The van der Waals surface area contributed by atoms with Crippen molar-refractivity contribution in [2.24, 2.45) is 0 Å². The van der Waals surface area contributed by atoms with E-state index in [9.17, 15) is 18.1 Å². The molecule has 170 valence electrons. The van der Waals surface area contributed by atoms with Crippen LogP contribution >= 0.6 is 0 Å². The van der Waals surface area contributed by atoms with Gasteiger partial charge in [0.25, 0.3) is 0 Å². The fraction of sp³-hybridized carbons (Fsp3) is 1.00. The molecule has 0 aliphatic heterocycles. The number of rotatable bonds is 21. The molecule has 2 atom stereocenters. The van der Waals surface area contributed by atoms with Crippen molar-refractivity contribution >= 4 is 10.1 Å². The van der Waals surface area contributed by atoms with Crippen molar-refractivity contribution in [3.05, 3.63) is 0 Å². The molecule has 0 aliphatic carbocycles. The number of aliphatic hydroxyl groups is 1. The quantitative estimate of drug-likeness (QED) is 0.162. The number of hydrogen-bond donors (Lipinski definition) is 1. The molecule has 0 aromatic rings. The molecule has 0 aromatic carbocycles. The second-order valence-corrected chi connectivity index (χ2v) is 10.2. The zero-order chi connectivity index (χ0) is 21.1. The van der Waals surface area contributed by atoms with Gasteiger partial charge in [-0.25, -0.2) is 8.42 Å². The Balaban J connectivity index is 0. The van der Waals surface area contributed by atoms with Gasteiger partial charge in [-0.1, -0.05) is 110 Å². The summed E-state index contributed by atoms with van der Waals surface area (Å²) in [7, 11) is -4.16. The van der Waals surface area contributed by atoms with E-state index in [4.69, 9.17) is 0 Å². The summed E-state index contributed by atoms with van der Waals surface area (Å²) in [5.41, 5.74) is 0. The molecule has 0 saturated heterocycles. The maximum atomic E-state index is 11.5. The fourth-order valence-corrected chi connectivity index (χ4v) is 4.79. The molecule has 0 aliphatic rings. The van der Waals surface area contributed by atoms with Crippen LogP contribution in [-0.4, -0.2) is 29.4 Å². The number of aliphatic hydroxyl groups excluding tert-OH is 1. The summed E-state index contributed by atoms with van der Waals surface area (Å²) in [5.74, 6) is 0. The van der Waals surface area contributed by atoms with Gasteiger partial charge in [0.05, 0.1) is 16.2 Å². The van der Waals surface area contributed by atoms with Crippen LogP contribution in [0.1, 0.15) is 136 Å². The second-order valence-electron chi connectivity index (χ2n) is 8.52. The molecular formula is C23H47KO4S. The summed E-state index contributed by atoms with van der Waals surface area (Å²) in [6, 6.07) is 0. The number of unbranched alkanes of at least 4 members (excludes halogenated alkanes) is 12. The average molecular weight is 459 g/mol. The van der Waals surface area contributed by atoms with Gasteiger partial charge in [0, 0.05) is 5.25 Å². The first kappa shape index (κ1) is 32.7. The van der Waals surface area contributed by atoms with Crippen molar-refractivity contribution in [3.8, 4) is 0 Å². The van der Waals surface area contributed by atoms with Gasteiger partial charge in [0.1, 0.15) is 0 Å². The fourth-order valence-electron chi connectivity index (χ4n) is 3.88. The molecule has 0 radical (unpaired) electrons. The van der Waals surface area contributed by atoms with Crippen LogP contribution in [0.25, 0.3) is 0 Å². The predicted octanol–water partition coefficient (Wildman–Crippen LogP) is 3.72. The van der Waals surface area contributed by atoms with Crippen LogP contribution in [0.4, 0.5) is 0 Å². The molecule has 0 saturated carbocycles. The van der Waals surface area contributed by atoms with E-state index < -0.39 is 15.4 Å². The summed E-state index contributed by atoms with van der Waals surface area (Å²) in [5, 5.41) is 9.01. The van der Waals surface area contributed by atoms with Crippen LogP contribution in [0.3, 0.4) is 0 Å². The Bertz CT molecular complexity index is 429. The summed E-state index contributed by atoms with van der Waals surface area (Å²) < 4.78 is 34.5. The molecule has 29 heavy (non-hydrogen) atoms. The van der Waals surface area contributed by atoms with Crippen LogP contribution in [0, 0.1) is 0 Å². The molecule has 0 rings (SSSR count). The Morgan fingerprint density at radius 1 is 0.621 bits per heavy atom. The largest absolute Gasteiger partial charge is 1.00 e. The third-order valence-corrected chi connectivity index (χ3v) is 7.01. The monoisotopic (exact) mass is 458 g/mol. The van der Waals surface area contributed by atoms with Gasteiger partial charge < -0.3 is 9.66 Å². The predicted molar refractivity (Wildman–Crippen MR) is 119 cm³/mol. The van der Waals surface area contributed by atoms with Crippen LogP contribution in [0.15, 0.2) is 0 Å². The molecule has 0 bridgehead atoms. The van der Waals surface area contributed by atoms with E-state index in [0.29, 0.717) is 12.8 Å². The van der Waals surface area contributed by atoms with Crippen LogP contribution in [0.5, 0.6) is 0 Å². The molecule has 0 amide bonds. The third-order valence-electron chi connectivity index (χ3n) is 5.72. The van der Waals surface area contributed by atoms with E-state index in [-0.39, 0.29) is 57.5 Å². The van der Waals surface area contributed by atoms with Crippen molar-refractivity contribution in [2.75, 3.05) is 0 Å². The Kier molecular flexibility index (Phi) is 25.6. The maximum absolute atomic E-state index is 11.5. The standard InChI is InChI=1S/C23H48O4S.K/c1-3-5-6-7-8-9-13-16-20-23(28(25,26)27)21-17-14-11-10-12-15-19-22(24)18-4-2;/h22-24H,3-21H2,1-2H3,(H,25,26,27);/q;+1/p-1. The summed E-state index contributed by atoms with van der Waals surface area (Å²) in [6.45, 7) is 4.30. The number of hydrogen-bond acceptors (Lipinski definition) is 4. The van der Waals surface area contributed by atoms with Gasteiger partial charge in [-0.3, -0.25) is 0 Å². The molecule has 0 aromatic heterocycles. The topological polar surface area (TPSA) is 77.4 Å². The molecule has 0 fully saturated rings. The van der Waals surface area contributed by atoms with Crippen LogP contribution < -0.4 is 51.4 Å². The van der Waals surface area contributed by atoms with E-state index in [0.717, 1.165) is 77.0 Å². The van der Waals surface area contributed by atoms with E-state index in [1.165, 1.54) is 32.1 Å². The first-order chi connectivity index (χ1) is 13.4. The summed E-state index contributed by atoms with van der Waals surface area (Å²) in [4.78, 5) is 0. The van der Waals surface area contributed by atoms with Gasteiger partial charge in [-0.05, 0) is 25.7 Å². The van der Waals surface area contributed by atoms with Crippen LogP contribution in [-0.2, 0) is 10.1 Å². The first-order valence-electron chi connectivity index (χ1n) is 12.0. The molecule has 6 heteroatoms. The van der Waals surface area contributed by atoms with Gasteiger partial charge in [-0.15, -0.1) is 0 Å². The molecule has 1 N–H and O–H groups in total. The molecule has 0 spiro atoms. The van der Waals surface area contributed by atoms with Gasteiger partial charge in [0.2, 0.25) is 0 Å². The van der Waals surface area contributed by atoms with Gasteiger partial charge in [0.15, 0.2) is 0 Å². The summed E-state index contributed by atoms with van der Waals surface area (Å²) in [6.07, 6.45) is 19.4. The van der Waals surface area contributed by atoms with E-state index in [1.807, 2.05) is 0 Å². The Morgan fingerprint density at radius 3 is 1.38 bits per heavy atom. The Morgan fingerprint density at radius 2 is 1.00 bits per heavy atom. The summed E-state index contributed by atoms with van der Waals surface area (Å²) >= 11 is 0. The van der Waals surface area contributed by atoms with Crippen LogP contribution in [0.2, 0.25) is 0 Å². The molecule has 4 nitrogen and oxygen atoms in total. The van der Waals surface area contributed by atoms with Gasteiger partial charge in [-0.2, -0.15) is 0 Å². The first-order valence-corrected chi connectivity index (χ1v) is 13.5. The molecular weight excluding hydrogens is 411 g/mol. The Hall–Kier alpha value is 1.51. The van der Waals surface area contributed by atoms with Crippen molar-refractivity contribution in [3.63, 3.8) is 0 Å². The Labute approximate surface area is 224 Å². The van der Waals surface area contributed by atoms with Crippen molar-refractivity contribution in [2.45, 2.75) is 147 Å². The SMILES string of the molecule is CCCCCCCCCCC(CCCCCCCCC(O)CCC)S(=O)(=O)[O-].[K+]. The minimum Gasteiger partial charge on any atom is -0.748 e. The molecule has 0 heterocycles.